The van der Waals surface area contributed by atoms with Crippen molar-refractivity contribution in [3.05, 3.63) is 29.6 Å². The molecule has 0 saturated carbocycles. The third-order valence-electron chi connectivity index (χ3n) is 2.35. The Bertz CT molecular complexity index is 596. The van der Waals surface area contributed by atoms with Crippen molar-refractivity contribution in [3.8, 4) is 5.75 Å². The van der Waals surface area contributed by atoms with E-state index in [-0.39, 0.29) is 6.61 Å². The summed E-state index contributed by atoms with van der Waals surface area (Å²) in [6.07, 6.45) is 0. The molecule has 1 heterocycles. The van der Waals surface area contributed by atoms with Gasteiger partial charge in [-0.05, 0) is 23.4 Å². The minimum Gasteiger partial charge on any atom is -0.495 e. The number of rotatable bonds is 4. The van der Waals surface area contributed by atoms with Crippen LogP contribution in [0, 0.1) is 0 Å². The van der Waals surface area contributed by atoms with E-state index in [0.29, 0.717) is 22.8 Å². The molecule has 0 saturated heterocycles. The SMILES string of the molecule is COc1cc(C(=O)OCc2nnn(C)n2)ccc1N. The monoisotopic (exact) mass is 263 g/mol. The Morgan fingerprint density at radius 1 is 1.47 bits per heavy atom. The lowest BCUT2D eigenvalue weighted by Gasteiger charge is -2.06. The molecule has 8 nitrogen and oxygen atoms in total. The van der Waals surface area contributed by atoms with E-state index in [2.05, 4.69) is 15.4 Å². The number of ether oxygens (including phenoxy) is 2. The number of nitrogens with two attached hydrogens (primary N) is 1. The van der Waals surface area contributed by atoms with Crippen molar-refractivity contribution in [2.24, 2.45) is 7.05 Å². The van der Waals surface area contributed by atoms with E-state index >= 15 is 0 Å². The minimum atomic E-state index is -0.509. The number of hydrogen-bond acceptors (Lipinski definition) is 7. The van der Waals surface area contributed by atoms with Gasteiger partial charge >= 0.3 is 5.97 Å². The molecule has 1 aromatic carbocycles. The molecule has 19 heavy (non-hydrogen) atoms. The Morgan fingerprint density at radius 3 is 2.89 bits per heavy atom. The van der Waals surface area contributed by atoms with Gasteiger partial charge in [0.25, 0.3) is 0 Å². The van der Waals surface area contributed by atoms with Crippen molar-refractivity contribution in [2.45, 2.75) is 6.61 Å². The van der Waals surface area contributed by atoms with Gasteiger partial charge in [-0.2, -0.15) is 4.80 Å². The molecule has 2 rings (SSSR count). The number of nitrogen functional groups attached to an aromatic ring is 1. The predicted molar refractivity (Wildman–Crippen MR) is 65.3 cm³/mol. The fourth-order valence-electron chi connectivity index (χ4n) is 1.43. The quantitative estimate of drug-likeness (QED) is 0.618. The number of carbonyl (C=O) groups excluding carboxylic acids is 1. The smallest absolute Gasteiger partial charge is 0.338 e. The predicted octanol–water partition coefficient (Wildman–Crippen LogP) is 0.158. The molecule has 8 heteroatoms. The van der Waals surface area contributed by atoms with Gasteiger partial charge in [0.2, 0.25) is 5.82 Å². The summed E-state index contributed by atoms with van der Waals surface area (Å²) in [5, 5.41) is 11.2. The number of hydrogen-bond donors (Lipinski definition) is 1. The summed E-state index contributed by atoms with van der Waals surface area (Å²) in [6, 6.07) is 4.65. The molecule has 0 amide bonds. The number of anilines is 1. The van der Waals surface area contributed by atoms with Crippen LogP contribution < -0.4 is 10.5 Å². The van der Waals surface area contributed by atoms with Crippen LogP contribution in [0.4, 0.5) is 5.69 Å². The summed E-state index contributed by atoms with van der Waals surface area (Å²) in [5.41, 5.74) is 6.46. The lowest BCUT2D eigenvalue weighted by atomic mass is 10.2. The Hall–Kier alpha value is -2.64. The van der Waals surface area contributed by atoms with Crippen LogP contribution in [0.3, 0.4) is 0 Å². The Kier molecular flexibility index (Phi) is 3.60. The van der Waals surface area contributed by atoms with Crippen molar-refractivity contribution in [1.82, 2.24) is 20.2 Å². The third-order valence-corrected chi connectivity index (χ3v) is 2.35. The van der Waals surface area contributed by atoms with Crippen LogP contribution in [0.25, 0.3) is 0 Å². The molecular formula is C11H13N5O3. The van der Waals surface area contributed by atoms with Crippen molar-refractivity contribution < 1.29 is 14.3 Å². The van der Waals surface area contributed by atoms with Gasteiger partial charge in [-0.15, -0.1) is 10.2 Å². The maximum absolute atomic E-state index is 11.8. The molecular weight excluding hydrogens is 250 g/mol. The van der Waals surface area contributed by atoms with Gasteiger partial charge in [-0.1, -0.05) is 0 Å². The zero-order valence-electron chi connectivity index (χ0n) is 10.5. The summed E-state index contributed by atoms with van der Waals surface area (Å²) in [6.45, 7) is -0.0423. The van der Waals surface area contributed by atoms with Crippen LogP contribution in [0.2, 0.25) is 0 Å². The zero-order valence-corrected chi connectivity index (χ0v) is 10.5. The second kappa shape index (κ2) is 5.34. The number of aryl methyl sites for hydroxylation is 1. The molecule has 100 valence electrons. The molecule has 2 aromatic rings. The van der Waals surface area contributed by atoms with E-state index in [4.69, 9.17) is 15.2 Å². The first kappa shape index (κ1) is 12.8. The molecule has 0 aliphatic heterocycles. The normalized spacial score (nSPS) is 10.2. The van der Waals surface area contributed by atoms with Crippen molar-refractivity contribution in [2.75, 3.05) is 12.8 Å². The van der Waals surface area contributed by atoms with E-state index in [1.165, 1.54) is 18.0 Å². The Balaban J connectivity index is 2.03. The summed E-state index contributed by atoms with van der Waals surface area (Å²) in [7, 11) is 3.10. The average molecular weight is 263 g/mol. The number of esters is 1. The molecule has 1 aromatic heterocycles. The highest BCUT2D eigenvalue weighted by Crippen LogP contribution is 2.22. The van der Waals surface area contributed by atoms with E-state index in [1.807, 2.05) is 0 Å². The number of tetrazole rings is 1. The summed E-state index contributed by atoms with van der Waals surface area (Å²) < 4.78 is 10.1. The number of benzene rings is 1. The van der Waals surface area contributed by atoms with Gasteiger partial charge in [-0.3, -0.25) is 0 Å². The number of nitrogens with zero attached hydrogens (tertiary/aromatic N) is 4. The molecule has 0 aliphatic rings. The maximum Gasteiger partial charge on any atom is 0.338 e. The second-order valence-corrected chi connectivity index (χ2v) is 3.73. The first-order chi connectivity index (χ1) is 9.10. The molecule has 0 fully saturated rings. The van der Waals surface area contributed by atoms with Gasteiger partial charge in [0.1, 0.15) is 5.75 Å². The van der Waals surface area contributed by atoms with Crippen LogP contribution in [0.5, 0.6) is 5.75 Å². The molecule has 0 aliphatic carbocycles. The van der Waals surface area contributed by atoms with Gasteiger partial charge in [0.15, 0.2) is 6.61 Å². The summed E-state index contributed by atoms with van der Waals surface area (Å²) >= 11 is 0. The fourth-order valence-corrected chi connectivity index (χ4v) is 1.43. The second-order valence-electron chi connectivity index (χ2n) is 3.73. The third kappa shape index (κ3) is 2.97. The van der Waals surface area contributed by atoms with Crippen LogP contribution >= 0.6 is 0 Å². The fraction of sp³-hybridized carbons (Fsp3) is 0.273. The van der Waals surface area contributed by atoms with Crippen molar-refractivity contribution >= 4 is 11.7 Å². The summed E-state index contributed by atoms with van der Waals surface area (Å²) in [5.74, 6) is 0.246. The molecule has 2 N–H and O–H groups in total. The van der Waals surface area contributed by atoms with E-state index in [0.717, 1.165) is 0 Å². The molecule has 0 atom stereocenters. The van der Waals surface area contributed by atoms with Gasteiger partial charge in [0.05, 0.1) is 25.4 Å². The molecule has 0 radical (unpaired) electrons. The summed E-state index contributed by atoms with van der Waals surface area (Å²) in [4.78, 5) is 13.1. The van der Waals surface area contributed by atoms with Crippen LogP contribution in [0.15, 0.2) is 18.2 Å². The maximum atomic E-state index is 11.8. The average Bonchev–Trinajstić information content (AvgIpc) is 2.82. The van der Waals surface area contributed by atoms with Crippen LogP contribution in [-0.2, 0) is 18.4 Å². The number of methoxy groups -OCH3 is 1. The lowest BCUT2D eigenvalue weighted by Crippen LogP contribution is -2.07. The van der Waals surface area contributed by atoms with Gasteiger partial charge < -0.3 is 15.2 Å². The minimum absolute atomic E-state index is 0.0423. The highest BCUT2D eigenvalue weighted by Gasteiger charge is 2.11. The zero-order chi connectivity index (χ0) is 13.8. The topological polar surface area (TPSA) is 105 Å². The van der Waals surface area contributed by atoms with E-state index < -0.39 is 5.97 Å². The molecule has 0 bridgehead atoms. The lowest BCUT2D eigenvalue weighted by molar-refractivity contribution is 0.0461. The van der Waals surface area contributed by atoms with Crippen molar-refractivity contribution in [3.63, 3.8) is 0 Å². The molecule has 0 spiro atoms. The highest BCUT2D eigenvalue weighted by molar-refractivity contribution is 5.90. The van der Waals surface area contributed by atoms with Gasteiger partial charge in [0, 0.05) is 0 Å². The van der Waals surface area contributed by atoms with E-state index in [1.54, 1.807) is 19.2 Å². The first-order valence-corrected chi connectivity index (χ1v) is 5.43. The standard InChI is InChI=1S/C11H13N5O3/c1-16-14-10(13-15-16)6-19-11(17)7-3-4-8(12)9(5-7)18-2/h3-5H,6,12H2,1-2H3. The number of carbonyl (C=O) groups is 1. The van der Waals surface area contributed by atoms with Crippen LogP contribution in [0.1, 0.15) is 16.2 Å². The van der Waals surface area contributed by atoms with Crippen LogP contribution in [-0.4, -0.2) is 33.3 Å². The van der Waals surface area contributed by atoms with E-state index in [9.17, 15) is 4.79 Å². The van der Waals surface area contributed by atoms with Crippen molar-refractivity contribution in [1.29, 1.82) is 0 Å². The Morgan fingerprint density at radius 2 is 2.26 bits per heavy atom. The molecule has 0 unspecified atom stereocenters. The Labute approximate surface area is 109 Å². The highest BCUT2D eigenvalue weighted by atomic mass is 16.5. The first-order valence-electron chi connectivity index (χ1n) is 5.43. The number of aromatic nitrogens is 4. The van der Waals surface area contributed by atoms with Gasteiger partial charge in [-0.25, -0.2) is 4.79 Å². The largest absolute Gasteiger partial charge is 0.495 e.